The van der Waals surface area contributed by atoms with Gasteiger partial charge in [0.15, 0.2) is 0 Å². The van der Waals surface area contributed by atoms with E-state index in [0.29, 0.717) is 28.6 Å². The van der Waals surface area contributed by atoms with Crippen LogP contribution in [0, 0.1) is 5.92 Å². The summed E-state index contributed by atoms with van der Waals surface area (Å²) in [6.45, 7) is 4.97. The van der Waals surface area contributed by atoms with Gasteiger partial charge < -0.3 is 10.1 Å². The lowest BCUT2D eigenvalue weighted by Crippen LogP contribution is -2.33. The van der Waals surface area contributed by atoms with Gasteiger partial charge in [0.2, 0.25) is 0 Å². The Morgan fingerprint density at radius 1 is 1.32 bits per heavy atom. The van der Waals surface area contributed by atoms with Crippen LogP contribution in [0.5, 0.6) is 5.75 Å². The fourth-order valence-corrected chi connectivity index (χ4v) is 2.99. The maximum Gasteiger partial charge on any atom is 0.255 e. The summed E-state index contributed by atoms with van der Waals surface area (Å²) in [7, 11) is 1.57. The molecule has 1 N–H and O–H groups in total. The molecular formula is C15H22BrNO2. The predicted molar refractivity (Wildman–Crippen MR) is 82.1 cm³/mol. The average molecular weight is 328 g/mol. The van der Waals surface area contributed by atoms with Gasteiger partial charge in [-0.25, -0.2) is 0 Å². The minimum atomic E-state index is -0.0899. The first kappa shape index (κ1) is 16.0. The summed E-state index contributed by atoms with van der Waals surface area (Å²) < 4.78 is 5.19. The number of amides is 1. The van der Waals surface area contributed by atoms with Crippen molar-refractivity contribution in [2.45, 2.75) is 31.5 Å². The van der Waals surface area contributed by atoms with Gasteiger partial charge in [0.1, 0.15) is 5.75 Å². The number of rotatable bonds is 7. The van der Waals surface area contributed by atoms with Crippen LogP contribution in [0.15, 0.2) is 24.3 Å². The van der Waals surface area contributed by atoms with Crippen LogP contribution >= 0.6 is 15.9 Å². The van der Waals surface area contributed by atoms with Gasteiger partial charge in [0.25, 0.3) is 5.91 Å². The van der Waals surface area contributed by atoms with E-state index in [0.717, 1.165) is 12.8 Å². The molecule has 1 rings (SSSR count). The molecule has 0 aliphatic carbocycles. The second kappa shape index (κ2) is 8.20. The van der Waals surface area contributed by atoms with Crippen LogP contribution in [0.25, 0.3) is 0 Å². The van der Waals surface area contributed by atoms with Crippen molar-refractivity contribution < 1.29 is 9.53 Å². The molecule has 4 heteroatoms. The van der Waals surface area contributed by atoms with Crippen molar-refractivity contribution >= 4 is 21.8 Å². The smallest absolute Gasteiger partial charge is 0.255 e. The zero-order valence-electron chi connectivity index (χ0n) is 11.8. The third-order valence-electron chi connectivity index (χ3n) is 3.37. The monoisotopic (exact) mass is 327 g/mol. The van der Waals surface area contributed by atoms with Crippen LogP contribution in [-0.4, -0.2) is 24.4 Å². The molecule has 0 heterocycles. The van der Waals surface area contributed by atoms with E-state index in [4.69, 9.17) is 4.74 Å². The van der Waals surface area contributed by atoms with Crippen molar-refractivity contribution in [1.29, 1.82) is 0 Å². The Labute approximate surface area is 123 Å². The van der Waals surface area contributed by atoms with Gasteiger partial charge >= 0.3 is 0 Å². The lowest BCUT2D eigenvalue weighted by Gasteiger charge is -2.20. The molecule has 106 valence electrons. The molecule has 0 saturated carbocycles. The van der Waals surface area contributed by atoms with E-state index >= 15 is 0 Å². The molecule has 1 atom stereocenters. The van der Waals surface area contributed by atoms with Crippen molar-refractivity contribution in [2.24, 2.45) is 5.92 Å². The number of ether oxygens (including phenoxy) is 1. The highest BCUT2D eigenvalue weighted by molar-refractivity contribution is 9.09. The summed E-state index contributed by atoms with van der Waals surface area (Å²) in [5.74, 6) is 1.10. The number of alkyl halides is 1. The van der Waals surface area contributed by atoms with Gasteiger partial charge in [0, 0.05) is 11.4 Å². The molecule has 1 aromatic rings. The molecule has 0 aliphatic heterocycles. The molecule has 0 spiro atoms. The molecule has 0 aliphatic rings. The van der Waals surface area contributed by atoms with E-state index in [1.165, 1.54) is 0 Å². The number of nitrogens with one attached hydrogen (secondary N) is 1. The fourth-order valence-electron chi connectivity index (χ4n) is 2.08. The molecule has 1 aromatic carbocycles. The molecule has 0 saturated heterocycles. The van der Waals surface area contributed by atoms with E-state index in [2.05, 4.69) is 35.1 Å². The third-order valence-corrected chi connectivity index (χ3v) is 4.44. The largest absolute Gasteiger partial charge is 0.496 e. The van der Waals surface area contributed by atoms with Crippen LogP contribution in [0.3, 0.4) is 0 Å². The maximum atomic E-state index is 12.1. The molecule has 1 amide bonds. The Morgan fingerprint density at radius 2 is 1.95 bits per heavy atom. The summed E-state index contributed by atoms with van der Waals surface area (Å²) in [5.41, 5.74) is 0.578. The summed E-state index contributed by atoms with van der Waals surface area (Å²) >= 11 is 3.66. The first-order valence-corrected chi connectivity index (χ1v) is 7.60. The molecule has 19 heavy (non-hydrogen) atoms. The van der Waals surface area contributed by atoms with Crippen LogP contribution in [0.2, 0.25) is 0 Å². The van der Waals surface area contributed by atoms with E-state index in [1.54, 1.807) is 19.2 Å². The highest BCUT2D eigenvalue weighted by Gasteiger charge is 2.17. The van der Waals surface area contributed by atoms with E-state index in [-0.39, 0.29) is 5.91 Å². The number of carbonyl (C=O) groups is 1. The molecule has 0 bridgehead atoms. The van der Waals surface area contributed by atoms with Crippen molar-refractivity contribution in [3.05, 3.63) is 29.8 Å². The van der Waals surface area contributed by atoms with Gasteiger partial charge in [-0.15, -0.1) is 0 Å². The SMILES string of the molecule is CCC(CC)C(Br)CNC(=O)c1ccccc1OC. The van der Waals surface area contributed by atoms with Crippen molar-refractivity contribution in [1.82, 2.24) is 5.32 Å². The minimum absolute atomic E-state index is 0.0899. The Morgan fingerprint density at radius 3 is 2.53 bits per heavy atom. The first-order chi connectivity index (χ1) is 9.13. The number of benzene rings is 1. The number of para-hydroxylation sites is 1. The Kier molecular flexibility index (Phi) is 6.92. The zero-order chi connectivity index (χ0) is 14.3. The standard InChI is InChI=1S/C15H22BrNO2/c1-4-11(5-2)13(16)10-17-15(18)12-8-6-7-9-14(12)19-3/h6-9,11,13H,4-5,10H2,1-3H3,(H,17,18). The lowest BCUT2D eigenvalue weighted by atomic mass is 9.99. The average Bonchev–Trinajstić information content (AvgIpc) is 2.45. The van der Waals surface area contributed by atoms with Crippen LogP contribution in [0.4, 0.5) is 0 Å². The Balaban J connectivity index is 2.60. The fraction of sp³-hybridized carbons (Fsp3) is 0.533. The number of methoxy groups -OCH3 is 1. The van der Waals surface area contributed by atoms with Crippen molar-refractivity contribution in [2.75, 3.05) is 13.7 Å². The second-order valence-electron chi connectivity index (χ2n) is 4.50. The van der Waals surface area contributed by atoms with E-state index < -0.39 is 0 Å². The minimum Gasteiger partial charge on any atom is -0.496 e. The highest BCUT2D eigenvalue weighted by Crippen LogP contribution is 2.20. The quantitative estimate of drug-likeness (QED) is 0.776. The summed E-state index contributed by atoms with van der Waals surface area (Å²) in [6, 6.07) is 7.26. The van der Waals surface area contributed by atoms with Crippen LogP contribution in [0.1, 0.15) is 37.0 Å². The summed E-state index contributed by atoms with van der Waals surface area (Å²) in [6.07, 6.45) is 2.22. The van der Waals surface area contributed by atoms with Gasteiger partial charge in [-0.1, -0.05) is 54.8 Å². The van der Waals surface area contributed by atoms with Gasteiger partial charge in [-0.05, 0) is 18.1 Å². The molecule has 1 unspecified atom stereocenters. The number of hydrogen-bond donors (Lipinski definition) is 1. The van der Waals surface area contributed by atoms with Crippen molar-refractivity contribution in [3.8, 4) is 5.75 Å². The number of halogens is 1. The Hall–Kier alpha value is -1.03. The lowest BCUT2D eigenvalue weighted by molar-refractivity contribution is 0.0949. The third kappa shape index (κ3) is 4.53. The zero-order valence-corrected chi connectivity index (χ0v) is 13.4. The maximum absolute atomic E-state index is 12.1. The molecule has 0 fully saturated rings. The Bertz CT molecular complexity index is 405. The predicted octanol–water partition coefficient (Wildman–Crippen LogP) is 3.62. The van der Waals surface area contributed by atoms with E-state index in [9.17, 15) is 4.79 Å². The molecular weight excluding hydrogens is 306 g/mol. The van der Waals surface area contributed by atoms with Gasteiger partial charge in [-0.2, -0.15) is 0 Å². The van der Waals surface area contributed by atoms with Crippen LogP contribution < -0.4 is 10.1 Å². The molecule has 0 aromatic heterocycles. The number of hydrogen-bond acceptors (Lipinski definition) is 2. The summed E-state index contributed by atoms with van der Waals surface area (Å²) in [4.78, 5) is 12.4. The van der Waals surface area contributed by atoms with Gasteiger partial charge in [0.05, 0.1) is 12.7 Å². The first-order valence-electron chi connectivity index (χ1n) is 6.69. The molecule has 3 nitrogen and oxygen atoms in total. The van der Waals surface area contributed by atoms with Crippen LogP contribution in [-0.2, 0) is 0 Å². The molecule has 0 radical (unpaired) electrons. The second-order valence-corrected chi connectivity index (χ2v) is 5.68. The highest BCUT2D eigenvalue weighted by atomic mass is 79.9. The van der Waals surface area contributed by atoms with Gasteiger partial charge in [-0.3, -0.25) is 4.79 Å². The summed E-state index contributed by atoms with van der Waals surface area (Å²) in [5, 5.41) is 2.96. The van der Waals surface area contributed by atoms with E-state index in [1.807, 2.05) is 12.1 Å². The number of carbonyl (C=O) groups excluding carboxylic acids is 1. The topological polar surface area (TPSA) is 38.3 Å². The normalized spacial score (nSPS) is 12.3. The van der Waals surface area contributed by atoms with Crippen molar-refractivity contribution in [3.63, 3.8) is 0 Å².